The van der Waals surface area contributed by atoms with Gasteiger partial charge in [0.15, 0.2) is 0 Å². The van der Waals surface area contributed by atoms with E-state index in [0.717, 1.165) is 19.1 Å². The van der Waals surface area contributed by atoms with E-state index < -0.39 is 29.7 Å². The van der Waals surface area contributed by atoms with Gasteiger partial charge in [-0.1, -0.05) is 13.8 Å². The molecule has 0 bridgehead atoms. The second-order valence-corrected chi connectivity index (χ2v) is 5.50. The summed E-state index contributed by atoms with van der Waals surface area (Å²) in [7, 11) is 0. The zero-order valence-corrected chi connectivity index (χ0v) is 13.0. The molecule has 1 aromatic rings. The van der Waals surface area contributed by atoms with Crippen LogP contribution >= 0.6 is 0 Å². The molecule has 0 saturated carbocycles. The number of anilines is 1. The Morgan fingerprint density at radius 3 is 2.30 bits per heavy atom. The summed E-state index contributed by atoms with van der Waals surface area (Å²) in [5, 5.41) is 14.2. The van der Waals surface area contributed by atoms with Crippen LogP contribution in [-0.2, 0) is 11.0 Å². The molecule has 0 aromatic heterocycles. The molecular formula is C15H19F3N2O3. The number of halogens is 3. The third-order valence-electron chi connectivity index (χ3n) is 3.08. The van der Waals surface area contributed by atoms with E-state index in [1.807, 2.05) is 0 Å². The van der Waals surface area contributed by atoms with Crippen LogP contribution in [0.25, 0.3) is 0 Å². The minimum absolute atomic E-state index is 0.0811. The molecule has 0 heterocycles. The first-order valence-corrected chi connectivity index (χ1v) is 6.97. The minimum atomic E-state index is -4.65. The van der Waals surface area contributed by atoms with Gasteiger partial charge in [-0.15, -0.1) is 0 Å². The Hall–Kier alpha value is -2.09. The van der Waals surface area contributed by atoms with Gasteiger partial charge in [0.1, 0.15) is 0 Å². The Kier molecular flexibility index (Phi) is 6.14. The maximum absolute atomic E-state index is 12.9. The largest absolute Gasteiger partial charge is 0.416 e. The summed E-state index contributed by atoms with van der Waals surface area (Å²) in [4.78, 5) is 23.0. The third-order valence-corrected chi connectivity index (χ3v) is 3.08. The van der Waals surface area contributed by atoms with E-state index in [1.165, 1.54) is 0 Å². The van der Waals surface area contributed by atoms with Crippen LogP contribution in [0.5, 0.6) is 0 Å². The van der Waals surface area contributed by atoms with Crippen LogP contribution in [0, 0.1) is 5.92 Å². The van der Waals surface area contributed by atoms with E-state index in [1.54, 1.807) is 13.8 Å². The van der Waals surface area contributed by atoms with E-state index in [4.69, 9.17) is 0 Å². The van der Waals surface area contributed by atoms with Crippen LogP contribution in [0.15, 0.2) is 18.2 Å². The summed E-state index contributed by atoms with van der Waals surface area (Å²) >= 11 is 0. The van der Waals surface area contributed by atoms with Crippen molar-refractivity contribution in [1.29, 1.82) is 0 Å². The van der Waals surface area contributed by atoms with Gasteiger partial charge in [-0.25, -0.2) is 0 Å². The average molecular weight is 332 g/mol. The Morgan fingerprint density at radius 2 is 1.83 bits per heavy atom. The Balaban J connectivity index is 3.04. The molecule has 0 fully saturated rings. The standard InChI is InChI=1S/C15H19F3N2O3/c1-8(2)13(22)7-19-14(23)10-4-11(15(16,17)18)6-12(5-10)20-9(3)21/h4-6,8,13,22H,7H2,1-3H3,(H,19,23)(H,20,21). The average Bonchev–Trinajstić information content (AvgIpc) is 2.42. The number of aliphatic hydroxyl groups excluding tert-OH is 1. The van der Waals surface area contributed by atoms with Crippen LogP contribution in [0.2, 0.25) is 0 Å². The Labute approximate surface area is 131 Å². The molecule has 8 heteroatoms. The normalized spacial score (nSPS) is 12.9. The van der Waals surface area contributed by atoms with Gasteiger partial charge in [0, 0.05) is 24.7 Å². The third kappa shape index (κ3) is 5.90. The number of carbonyl (C=O) groups is 2. The molecule has 1 unspecified atom stereocenters. The number of hydrogen-bond donors (Lipinski definition) is 3. The number of nitrogens with one attached hydrogen (secondary N) is 2. The van der Waals surface area contributed by atoms with Gasteiger partial charge in [0.2, 0.25) is 5.91 Å². The fourth-order valence-electron chi connectivity index (χ4n) is 1.73. The smallest absolute Gasteiger partial charge is 0.391 e. The molecule has 128 valence electrons. The van der Waals surface area contributed by atoms with E-state index in [9.17, 15) is 27.9 Å². The molecule has 5 nitrogen and oxygen atoms in total. The molecule has 1 rings (SSSR count). The molecule has 0 aliphatic heterocycles. The quantitative estimate of drug-likeness (QED) is 0.775. The number of amides is 2. The first kappa shape index (κ1) is 19.0. The van der Waals surface area contributed by atoms with Gasteiger partial charge in [0.25, 0.3) is 5.91 Å². The van der Waals surface area contributed by atoms with E-state index in [0.29, 0.717) is 6.07 Å². The highest BCUT2D eigenvalue weighted by molar-refractivity contribution is 5.97. The topological polar surface area (TPSA) is 78.4 Å². The zero-order chi connectivity index (χ0) is 17.8. The number of benzene rings is 1. The number of alkyl halides is 3. The monoisotopic (exact) mass is 332 g/mol. The highest BCUT2D eigenvalue weighted by Crippen LogP contribution is 2.32. The van der Waals surface area contributed by atoms with Gasteiger partial charge in [0.05, 0.1) is 11.7 Å². The molecule has 2 amide bonds. The lowest BCUT2D eigenvalue weighted by Crippen LogP contribution is -2.34. The molecule has 1 aromatic carbocycles. The minimum Gasteiger partial charge on any atom is -0.391 e. The zero-order valence-electron chi connectivity index (χ0n) is 13.0. The fourth-order valence-corrected chi connectivity index (χ4v) is 1.73. The van der Waals surface area contributed by atoms with Gasteiger partial charge in [-0.05, 0) is 24.1 Å². The number of hydrogen-bond acceptors (Lipinski definition) is 3. The molecule has 1 atom stereocenters. The van der Waals surface area contributed by atoms with E-state index in [2.05, 4.69) is 10.6 Å². The predicted molar refractivity (Wildman–Crippen MR) is 78.9 cm³/mol. The molecular weight excluding hydrogens is 313 g/mol. The van der Waals surface area contributed by atoms with Crippen molar-refractivity contribution in [1.82, 2.24) is 5.32 Å². The van der Waals surface area contributed by atoms with Crippen molar-refractivity contribution < 1.29 is 27.9 Å². The Morgan fingerprint density at radius 1 is 1.22 bits per heavy atom. The highest BCUT2D eigenvalue weighted by Gasteiger charge is 2.32. The van der Waals surface area contributed by atoms with E-state index in [-0.39, 0.29) is 23.7 Å². The predicted octanol–water partition coefficient (Wildman–Crippen LogP) is 2.41. The van der Waals surface area contributed by atoms with Crippen molar-refractivity contribution in [3.63, 3.8) is 0 Å². The first-order valence-electron chi connectivity index (χ1n) is 6.97. The highest BCUT2D eigenvalue weighted by atomic mass is 19.4. The second kappa shape index (κ2) is 7.45. The second-order valence-electron chi connectivity index (χ2n) is 5.50. The van der Waals surface area contributed by atoms with Crippen LogP contribution < -0.4 is 10.6 Å². The molecule has 0 saturated heterocycles. The van der Waals surface area contributed by atoms with Crippen LogP contribution in [-0.4, -0.2) is 29.6 Å². The summed E-state index contributed by atoms with van der Waals surface area (Å²) in [5.74, 6) is -1.42. The SMILES string of the molecule is CC(=O)Nc1cc(C(=O)NCC(O)C(C)C)cc(C(F)(F)F)c1. The van der Waals surface area contributed by atoms with Crippen molar-refractivity contribution >= 4 is 17.5 Å². The lowest BCUT2D eigenvalue weighted by molar-refractivity contribution is -0.137. The first-order chi connectivity index (χ1) is 10.5. The van der Waals surface area contributed by atoms with Crippen molar-refractivity contribution in [3.8, 4) is 0 Å². The summed E-state index contributed by atoms with van der Waals surface area (Å²) in [6.07, 6.45) is -5.46. The lowest BCUT2D eigenvalue weighted by atomic mass is 10.1. The Bertz CT molecular complexity index is 586. The van der Waals surface area contributed by atoms with Gasteiger partial charge < -0.3 is 15.7 Å². The van der Waals surface area contributed by atoms with Crippen LogP contribution in [0.3, 0.4) is 0 Å². The maximum atomic E-state index is 12.9. The number of aliphatic hydroxyl groups is 1. The molecule has 0 aliphatic rings. The van der Waals surface area contributed by atoms with E-state index >= 15 is 0 Å². The number of carbonyl (C=O) groups excluding carboxylic acids is 2. The van der Waals surface area contributed by atoms with Crippen LogP contribution in [0.4, 0.5) is 18.9 Å². The molecule has 0 radical (unpaired) electrons. The van der Waals surface area contributed by atoms with Crippen molar-refractivity contribution in [2.24, 2.45) is 5.92 Å². The van der Waals surface area contributed by atoms with Gasteiger partial charge >= 0.3 is 6.18 Å². The molecule has 0 aliphatic carbocycles. The van der Waals surface area contributed by atoms with Crippen molar-refractivity contribution in [3.05, 3.63) is 29.3 Å². The number of rotatable bonds is 5. The summed E-state index contributed by atoms with van der Waals surface area (Å²) < 4.78 is 38.7. The van der Waals surface area contributed by atoms with Crippen molar-refractivity contribution in [2.45, 2.75) is 33.1 Å². The lowest BCUT2D eigenvalue weighted by Gasteiger charge is -2.16. The summed E-state index contributed by atoms with van der Waals surface area (Å²) in [6, 6.07) is 2.59. The summed E-state index contributed by atoms with van der Waals surface area (Å²) in [6.45, 7) is 4.56. The molecule has 3 N–H and O–H groups in total. The molecule has 0 spiro atoms. The van der Waals surface area contributed by atoms with Gasteiger partial charge in [-0.2, -0.15) is 13.2 Å². The summed E-state index contributed by atoms with van der Waals surface area (Å²) in [5.41, 5.74) is -1.42. The molecule has 23 heavy (non-hydrogen) atoms. The van der Waals surface area contributed by atoms with Gasteiger partial charge in [-0.3, -0.25) is 9.59 Å². The van der Waals surface area contributed by atoms with Crippen LogP contribution in [0.1, 0.15) is 36.7 Å². The fraction of sp³-hybridized carbons (Fsp3) is 0.467. The van der Waals surface area contributed by atoms with Crippen molar-refractivity contribution in [2.75, 3.05) is 11.9 Å². The maximum Gasteiger partial charge on any atom is 0.416 e.